The van der Waals surface area contributed by atoms with E-state index in [0.29, 0.717) is 31.5 Å². The lowest BCUT2D eigenvalue weighted by Gasteiger charge is -2.22. The summed E-state index contributed by atoms with van der Waals surface area (Å²) in [6.07, 6.45) is 6.36. The first-order valence-electron chi connectivity index (χ1n) is 10.2. The molecule has 0 saturated heterocycles. The van der Waals surface area contributed by atoms with Crippen molar-refractivity contribution in [3.05, 3.63) is 35.9 Å². The van der Waals surface area contributed by atoms with Crippen LogP contribution in [0.4, 0.5) is 0 Å². The summed E-state index contributed by atoms with van der Waals surface area (Å²) < 4.78 is 0. The van der Waals surface area contributed by atoms with E-state index < -0.39 is 0 Å². The molecule has 1 aromatic rings. The maximum absolute atomic E-state index is 12.1. The van der Waals surface area contributed by atoms with E-state index in [-0.39, 0.29) is 42.4 Å². The molecule has 1 amide bonds. The van der Waals surface area contributed by atoms with Gasteiger partial charge in [-0.1, -0.05) is 49.6 Å². The number of aliphatic hydroxyl groups excluding tert-OH is 1. The van der Waals surface area contributed by atoms with Crippen LogP contribution in [0.15, 0.2) is 35.3 Å². The molecule has 1 aliphatic rings. The van der Waals surface area contributed by atoms with Gasteiger partial charge in [-0.25, -0.2) is 0 Å². The Labute approximate surface area is 186 Å². The number of guanidine groups is 1. The molecule has 0 bridgehead atoms. The van der Waals surface area contributed by atoms with Crippen molar-refractivity contribution in [2.45, 2.75) is 57.4 Å². The molecule has 7 heteroatoms. The van der Waals surface area contributed by atoms with Gasteiger partial charge in [-0.05, 0) is 25.3 Å². The van der Waals surface area contributed by atoms with Gasteiger partial charge in [0.15, 0.2) is 5.96 Å². The lowest BCUT2D eigenvalue weighted by Crippen LogP contribution is -2.41. The zero-order valence-corrected chi connectivity index (χ0v) is 19.2. The molecule has 2 rings (SSSR count). The molecule has 0 aromatic heterocycles. The molecule has 0 heterocycles. The van der Waals surface area contributed by atoms with Crippen molar-refractivity contribution in [1.29, 1.82) is 0 Å². The molecule has 1 unspecified atom stereocenters. The minimum Gasteiger partial charge on any atom is -0.396 e. The number of amides is 1. The van der Waals surface area contributed by atoms with Gasteiger partial charge < -0.3 is 21.1 Å². The van der Waals surface area contributed by atoms with Crippen molar-refractivity contribution in [3.63, 3.8) is 0 Å². The maximum atomic E-state index is 12.1. The summed E-state index contributed by atoms with van der Waals surface area (Å²) in [7, 11) is 0. The fourth-order valence-corrected chi connectivity index (χ4v) is 3.38. The number of benzene rings is 1. The summed E-state index contributed by atoms with van der Waals surface area (Å²) >= 11 is 0. The number of halogens is 1. The van der Waals surface area contributed by atoms with Gasteiger partial charge in [0.05, 0.1) is 13.2 Å². The molecular formula is C21H35IN4O2. The van der Waals surface area contributed by atoms with Crippen molar-refractivity contribution in [1.82, 2.24) is 16.0 Å². The molecule has 0 radical (unpaired) electrons. The average Bonchev–Trinajstić information content (AvgIpc) is 2.70. The zero-order valence-electron chi connectivity index (χ0n) is 16.8. The second-order valence-electron chi connectivity index (χ2n) is 7.09. The van der Waals surface area contributed by atoms with Crippen molar-refractivity contribution < 1.29 is 9.90 Å². The summed E-state index contributed by atoms with van der Waals surface area (Å²) in [4.78, 5) is 16.7. The lowest BCUT2D eigenvalue weighted by atomic mass is 9.95. The van der Waals surface area contributed by atoms with Crippen molar-refractivity contribution in [3.8, 4) is 0 Å². The van der Waals surface area contributed by atoms with E-state index in [9.17, 15) is 9.90 Å². The number of hydrogen-bond acceptors (Lipinski definition) is 3. The minimum atomic E-state index is -0.0312. The highest BCUT2D eigenvalue weighted by Gasteiger charge is 2.15. The van der Waals surface area contributed by atoms with E-state index in [0.717, 1.165) is 24.9 Å². The second kappa shape index (κ2) is 14.6. The van der Waals surface area contributed by atoms with Crippen LogP contribution in [-0.2, 0) is 4.79 Å². The Morgan fingerprint density at radius 3 is 2.54 bits per heavy atom. The predicted molar refractivity (Wildman–Crippen MR) is 125 cm³/mol. The summed E-state index contributed by atoms with van der Waals surface area (Å²) in [5.74, 6) is 0.747. The number of hydrogen-bond donors (Lipinski definition) is 4. The normalized spacial score (nSPS) is 16.0. The molecule has 1 fully saturated rings. The Morgan fingerprint density at radius 1 is 1.18 bits per heavy atom. The molecule has 6 nitrogen and oxygen atoms in total. The molecule has 1 aliphatic carbocycles. The second-order valence-corrected chi connectivity index (χ2v) is 7.09. The highest BCUT2D eigenvalue weighted by Crippen LogP contribution is 2.17. The quantitative estimate of drug-likeness (QED) is 0.238. The van der Waals surface area contributed by atoms with Crippen LogP contribution in [0.5, 0.6) is 0 Å². The first-order chi connectivity index (χ1) is 13.2. The van der Waals surface area contributed by atoms with Gasteiger partial charge in [0.25, 0.3) is 0 Å². The average molecular weight is 502 g/mol. The highest BCUT2D eigenvalue weighted by molar-refractivity contribution is 14.0. The Bertz CT molecular complexity index is 577. The van der Waals surface area contributed by atoms with Crippen LogP contribution in [0.1, 0.15) is 56.9 Å². The van der Waals surface area contributed by atoms with Gasteiger partial charge in [0, 0.05) is 31.5 Å². The zero-order chi connectivity index (χ0) is 19.3. The third kappa shape index (κ3) is 9.23. The van der Waals surface area contributed by atoms with E-state index in [1.54, 1.807) is 0 Å². The third-order valence-corrected chi connectivity index (χ3v) is 4.92. The van der Waals surface area contributed by atoms with Crippen LogP contribution < -0.4 is 16.0 Å². The number of nitrogens with zero attached hydrogens (tertiary/aromatic N) is 1. The van der Waals surface area contributed by atoms with E-state index in [1.165, 1.54) is 19.3 Å². The largest absolute Gasteiger partial charge is 0.396 e. The smallest absolute Gasteiger partial charge is 0.221 e. The molecule has 28 heavy (non-hydrogen) atoms. The van der Waals surface area contributed by atoms with E-state index >= 15 is 0 Å². The first kappa shape index (κ1) is 24.7. The molecule has 1 saturated carbocycles. The lowest BCUT2D eigenvalue weighted by molar-refractivity contribution is -0.121. The monoisotopic (exact) mass is 502 g/mol. The number of rotatable bonds is 9. The SMILES string of the molecule is CCNC(=NCC(CO)c1ccccc1)NCCC(=O)NC1CCCCC1.I. The van der Waals surface area contributed by atoms with Gasteiger partial charge in [-0.3, -0.25) is 9.79 Å². The molecule has 1 aromatic carbocycles. The fourth-order valence-electron chi connectivity index (χ4n) is 3.38. The molecule has 0 spiro atoms. The predicted octanol–water partition coefficient (Wildman–Crippen LogP) is 2.77. The summed E-state index contributed by atoms with van der Waals surface area (Å²) in [5, 5.41) is 19.2. The van der Waals surface area contributed by atoms with Crippen LogP contribution >= 0.6 is 24.0 Å². The van der Waals surface area contributed by atoms with Crippen LogP contribution in [0, 0.1) is 0 Å². The Hall–Kier alpha value is -1.35. The molecular weight excluding hydrogens is 467 g/mol. The number of nitrogens with one attached hydrogen (secondary N) is 3. The first-order valence-corrected chi connectivity index (χ1v) is 10.2. The summed E-state index contributed by atoms with van der Waals surface area (Å²) in [6, 6.07) is 10.3. The van der Waals surface area contributed by atoms with E-state index in [1.807, 2.05) is 37.3 Å². The molecule has 158 valence electrons. The van der Waals surface area contributed by atoms with Crippen LogP contribution in [0.3, 0.4) is 0 Å². The Balaban J connectivity index is 0.00000392. The van der Waals surface area contributed by atoms with Crippen molar-refractivity contribution >= 4 is 35.8 Å². The maximum Gasteiger partial charge on any atom is 0.221 e. The standard InChI is InChI=1S/C21H34N4O2.HI/c1-2-22-21(24-15-18(16-26)17-9-5-3-6-10-17)23-14-13-20(27)25-19-11-7-4-8-12-19;/h3,5-6,9-10,18-19,26H,2,4,7-8,11-16H2,1H3,(H,25,27)(H2,22,23,24);1H. The Morgan fingerprint density at radius 2 is 1.89 bits per heavy atom. The van der Waals surface area contributed by atoms with Crippen LogP contribution in [-0.4, -0.2) is 49.3 Å². The van der Waals surface area contributed by atoms with E-state index in [2.05, 4.69) is 20.9 Å². The fraction of sp³-hybridized carbons (Fsp3) is 0.619. The minimum absolute atomic E-state index is 0. The van der Waals surface area contributed by atoms with Gasteiger partial charge in [-0.15, -0.1) is 24.0 Å². The van der Waals surface area contributed by atoms with Crippen LogP contribution in [0.25, 0.3) is 0 Å². The van der Waals surface area contributed by atoms with Gasteiger partial charge in [0.1, 0.15) is 0 Å². The summed E-state index contributed by atoms with van der Waals surface area (Å²) in [5.41, 5.74) is 1.08. The molecule has 4 N–H and O–H groups in total. The highest BCUT2D eigenvalue weighted by atomic mass is 127. The van der Waals surface area contributed by atoms with Gasteiger partial charge >= 0.3 is 0 Å². The number of carbonyl (C=O) groups is 1. The van der Waals surface area contributed by atoms with E-state index in [4.69, 9.17) is 0 Å². The number of carbonyl (C=O) groups excluding carboxylic acids is 1. The number of aliphatic hydroxyl groups is 1. The van der Waals surface area contributed by atoms with Crippen molar-refractivity contribution in [2.24, 2.45) is 4.99 Å². The number of aliphatic imine (C=N–C) groups is 1. The van der Waals surface area contributed by atoms with Crippen LogP contribution in [0.2, 0.25) is 0 Å². The summed E-state index contributed by atoms with van der Waals surface area (Å²) in [6.45, 7) is 3.84. The third-order valence-electron chi connectivity index (χ3n) is 4.92. The molecule has 1 atom stereocenters. The molecule has 0 aliphatic heterocycles. The Kier molecular flexibility index (Phi) is 12.9. The topological polar surface area (TPSA) is 85.8 Å². The van der Waals surface area contributed by atoms with Gasteiger partial charge in [-0.2, -0.15) is 0 Å². The van der Waals surface area contributed by atoms with Crippen molar-refractivity contribution in [2.75, 3.05) is 26.2 Å². The van der Waals surface area contributed by atoms with Gasteiger partial charge in [0.2, 0.25) is 5.91 Å².